The maximum atomic E-state index is 12.8. The van der Waals surface area contributed by atoms with Crippen molar-refractivity contribution in [3.05, 3.63) is 35.8 Å². The molecule has 23 heavy (non-hydrogen) atoms. The van der Waals surface area contributed by atoms with Gasteiger partial charge in [-0.3, -0.25) is 0 Å². The molecule has 0 aromatic carbocycles. The summed E-state index contributed by atoms with van der Waals surface area (Å²) in [5.41, 5.74) is -2.30. The second-order valence-corrected chi connectivity index (χ2v) is 5.50. The lowest BCUT2D eigenvalue weighted by molar-refractivity contribution is -0.0941. The van der Waals surface area contributed by atoms with Crippen LogP contribution < -0.4 is 0 Å². The van der Waals surface area contributed by atoms with Crippen LogP contribution in [0.25, 0.3) is 0 Å². The van der Waals surface area contributed by atoms with Crippen LogP contribution in [-0.2, 0) is 4.74 Å². The van der Waals surface area contributed by atoms with Gasteiger partial charge in [-0.15, -0.1) is 0 Å². The van der Waals surface area contributed by atoms with E-state index in [1.807, 2.05) is 0 Å². The number of allylic oxidation sites excluding steroid dienone is 3. The fourth-order valence-electron chi connectivity index (χ4n) is 2.27. The molecule has 0 amide bonds. The van der Waals surface area contributed by atoms with Gasteiger partial charge in [0.1, 0.15) is 17.1 Å². The van der Waals surface area contributed by atoms with Gasteiger partial charge in [-0.1, -0.05) is 26.5 Å². The van der Waals surface area contributed by atoms with Crippen LogP contribution in [0.2, 0.25) is 0 Å². The molecule has 0 aliphatic heterocycles. The Morgan fingerprint density at radius 1 is 1.26 bits per heavy atom. The summed E-state index contributed by atoms with van der Waals surface area (Å²) in [6, 6.07) is 0. The smallest absolute Gasteiger partial charge is 0.412 e. The first kappa shape index (κ1) is 21.6. The van der Waals surface area contributed by atoms with E-state index < -0.39 is 23.3 Å². The quantitative estimate of drug-likeness (QED) is 0.352. The average molecular weight is 336 g/mol. The normalized spacial score (nSPS) is 17.6. The highest BCUT2D eigenvalue weighted by Gasteiger charge is 2.36. The molecule has 0 saturated heterocycles. The third-order valence-corrected chi connectivity index (χ3v) is 3.83. The number of halogens is 3. The van der Waals surface area contributed by atoms with Gasteiger partial charge in [0.05, 0.1) is 6.61 Å². The molecule has 134 valence electrons. The molecule has 0 aliphatic carbocycles. The molecule has 2 N–H and O–H groups in total. The second-order valence-electron chi connectivity index (χ2n) is 5.50. The van der Waals surface area contributed by atoms with Crippen molar-refractivity contribution in [3.63, 3.8) is 0 Å². The molecule has 0 bridgehead atoms. The molecule has 0 radical (unpaired) electrons. The Balaban J connectivity index is 5.27. The van der Waals surface area contributed by atoms with Gasteiger partial charge in [-0.2, -0.15) is 13.2 Å². The van der Waals surface area contributed by atoms with E-state index in [4.69, 9.17) is 4.74 Å². The van der Waals surface area contributed by atoms with Crippen molar-refractivity contribution in [1.82, 2.24) is 0 Å². The van der Waals surface area contributed by atoms with Crippen LogP contribution in [0.3, 0.4) is 0 Å². The van der Waals surface area contributed by atoms with Gasteiger partial charge in [-0.25, -0.2) is 0 Å². The predicted octanol–water partition coefficient (Wildman–Crippen LogP) is 5.04. The Kier molecular flexibility index (Phi) is 8.45. The maximum Gasteiger partial charge on any atom is 0.412 e. The summed E-state index contributed by atoms with van der Waals surface area (Å²) in [6.07, 6.45) is -1.82. The van der Waals surface area contributed by atoms with Crippen molar-refractivity contribution in [2.75, 3.05) is 6.61 Å². The molecule has 6 heteroatoms. The van der Waals surface area contributed by atoms with E-state index in [-0.39, 0.29) is 24.4 Å². The van der Waals surface area contributed by atoms with Gasteiger partial charge < -0.3 is 14.9 Å². The van der Waals surface area contributed by atoms with Crippen LogP contribution in [0.1, 0.15) is 47.0 Å². The van der Waals surface area contributed by atoms with Gasteiger partial charge >= 0.3 is 6.18 Å². The van der Waals surface area contributed by atoms with Gasteiger partial charge in [0.15, 0.2) is 0 Å². The maximum absolute atomic E-state index is 12.8. The minimum absolute atomic E-state index is 0.00515. The number of rotatable bonds is 9. The summed E-state index contributed by atoms with van der Waals surface area (Å²) >= 11 is 0. The van der Waals surface area contributed by atoms with E-state index in [0.717, 1.165) is 6.08 Å². The summed E-state index contributed by atoms with van der Waals surface area (Å²) < 4.78 is 43.4. The van der Waals surface area contributed by atoms with Gasteiger partial charge in [0.25, 0.3) is 0 Å². The Labute approximate surface area is 136 Å². The van der Waals surface area contributed by atoms with E-state index in [0.29, 0.717) is 13.0 Å². The van der Waals surface area contributed by atoms with Crippen LogP contribution in [-0.4, -0.2) is 28.6 Å². The summed E-state index contributed by atoms with van der Waals surface area (Å²) in [4.78, 5) is 0. The lowest BCUT2D eigenvalue weighted by Gasteiger charge is -2.31. The molecule has 0 aromatic heterocycles. The summed E-state index contributed by atoms with van der Waals surface area (Å²) in [7, 11) is 0. The monoisotopic (exact) mass is 336 g/mol. The zero-order chi connectivity index (χ0) is 18.3. The lowest BCUT2D eigenvalue weighted by Crippen LogP contribution is -2.36. The van der Waals surface area contributed by atoms with E-state index in [9.17, 15) is 23.4 Å². The Morgan fingerprint density at radius 2 is 1.83 bits per heavy atom. The molecule has 0 fully saturated rings. The first-order valence-corrected chi connectivity index (χ1v) is 7.71. The third kappa shape index (κ3) is 6.69. The van der Waals surface area contributed by atoms with Crippen LogP contribution in [0.5, 0.6) is 0 Å². The molecule has 0 aromatic rings. The molecular weight excluding hydrogens is 309 g/mol. The minimum atomic E-state index is -4.37. The minimum Gasteiger partial charge on any atom is -0.509 e. The molecule has 0 aliphatic rings. The van der Waals surface area contributed by atoms with Crippen molar-refractivity contribution in [1.29, 1.82) is 0 Å². The Hall–Kier alpha value is -1.43. The van der Waals surface area contributed by atoms with E-state index in [1.165, 1.54) is 19.9 Å². The summed E-state index contributed by atoms with van der Waals surface area (Å²) in [6.45, 7) is 10.2. The summed E-state index contributed by atoms with van der Waals surface area (Å²) in [5.74, 6) is -0.765. The number of hydrogen-bond acceptors (Lipinski definition) is 3. The van der Waals surface area contributed by atoms with Crippen molar-refractivity contribution in [2.24, 2.45) is 5.92 Å². The number of aliphatic hydroxyl groups is 2. The van der Waals surface area contributed by atoms with E-state index in [1.54, 1.807) is 13.8 Å². The Morgan fingerprint density at radius 3 is 2.22 bits per heavy atom. The zero-order valence-corrected chi connectivity index (χ0v) is 14.2. The lowest BCUT2D eigenvalue weighted by atomic mass is 9.82. The molecule has 2 atom stereocenters. The Bertz CT molecular complexity index is 448. The molecule has 3 nitrogen and oxygen atoms in total. The number of ether oxygens (including phenoxy) is 1. The molecule has 0 heterocycles. The van der Waals surface area contributed by atoms with Crippen molar-refractivity contribution < 1.29 is 28.1 Å². The largest absolute Gasteiger partial charge is 0.509 e. The molecular formula is C17H27F3O3. The number of alkyl halides is 3. The van der Waals surface area contributed by atoms with E-state index in [2.05, 4.69) is 6.58 Å². The predicted molar refractivity (Wildman–Crippen MR) is 84.9 cm³/mol. The van der Waals surface area contributed by atoms with Crippen LogP contribution in [0.15, 0.2) is 35.8 Å². The molecule has 0 saturated carbocycles. The highest BCUT2D eigenvalue weighted by atomic mass is 19.4. The number of aliphatic hydroxyl groups excluding tert-OH is 1. The van der Waals surface area contributed by atoms with Crippen LogP contribution >= 0.6 is 0 Å². The standard InChI is InChI=1S/C17H27F3O3/c1-6-13(9-10-14(7-2)17(18,19)20)16(5,22)15(21)11-12(4)23-8-3/h10-11,13,21-22H,4,6-9H2,1-3,5H3/b14-10+,15-11+. The SMILES string of the molecule is C=C(/C=C(/O)C(C)(O)C(CC)C/C=C(\CC)C(F)(F)F)OCC. The van der Waals surface area contributed by atoms with Crippen molar-refractivity contribution in [2.45, 2.75) is 58.7 Å². The average Bonchev–Trinajstić information content (AvgIpc) is 2.42. The first-order chi connectivity index (χ1) is 10.5. The highest BCUT2D eigenvalue weighted by Crippen LogP contribution is 2.34. The highest BCUT2D eigenvalue weighted by molar-refractivity contribution is 5.20. The first-order valence-electron chi connectivity index (χ1n) is 7.71. The number of hydrogen-bond donors (Lipinski definition) is 2. The van der Waals surface area contributed by atoms with Crippen molar-refractivity contribution in [3.8, 4) is 0 Å². The van der Waals surface area contributed by atoms with Gasteiger partial charge in [-0.05, 0) is 39.0 Å². The second kappa shape index (κ2) is 9.01. The topological polar surface area (TPSA) is 49.7 Å². The summed E-state index contributed by atoms with van der Waals surface area (Å²) in [5, 5.41) is 20.6. The molecule has 0 rings (SSSR count). The fourth-order valence-corrected chi connectivity index (χ4v) is 2.27. The van der Waals surface area contributed by atoms with Crippen LogP contribution in [0.4, 0.5) is 13.2 Å². The van der Waals surface area contributed by atoms with E-state index >= 15 is 0 Å². The van der Waals surface area contributed by atoms with Crippen molar-refractivity contribution >= 4 is 0 Å². The zero-order valence-electron chi connectivity index (χ0n) is 14.2. The van der Waals surface area contributed by atoms with Gasteiger partial charge in [0, 0.05) is 11.6 Å². The van der Waals surface area contributed by atoms with Gasteiger partial charge in [0.2, 0.25) is 0 Å². The third-order valence-electron chi connectivity index (χ3n) is 3.83. The molecule has 2 unspecified atom stereocenters. The molecule has 0 spiro atoms. The fraction of sp³-hybridized carbons (Fsp3) is 0.647. The van der Waals surface area contributed by atoms with Crippen LogP contribution in [0, 0.1) is 5.92 Å².